The Morgan fingerprint density at radius 1 is 1.21 bits per heavy atom. The number of nitrogens with one attached hydrogen (secondary N) is 1. The van der Waals surface area contributed by atoms with Crippen molar-refractivity contribution in [2.45, 2.75) is 4.21 Å². The fraction of sp³-hybridized carbons (Fsp3) is 0.111. The van der Waals surface area contributed by atoms with Crippen LogP contribution in [0.2, 0.25) is 0 Å². The predicted molar refractivity (Wildman–Crippen MR) is 112 cm³/mol. The number of nitrogens with zero attached hydrogens (tertiary/aromatic N) is 2. The van der Waals surface area contributed by atoms with E-state index in [1.54, 1.807) is 60.1 Å². The number of carbonyl (C=O) groups excluding carboxylic acids is 1. The van der Waals surface area contributed by atoms with E-state index >= 15 is 0 Å². The summed E-state index contributed by atoms with van der Waals surface area (Å²) in [5.74, 6) is 0.522. The SMILES string of the molecule is CN(c1ccc(OCC(=O)Nc2ccc(Br)cn2)cc1)S(=O)(=O)c1cccs1. The van der Waals surface area contributed by atoms with Crippen molar-refractivity contribution >= 4 is 54.7 Å². The molecule has 0 fully saturated rings. The molecule has 28 heavy (non-hydrogen) atoms. The molecule has 0 unspecified atom stereocenters. The fourth-order valence-corrected chi connectivity index (χ4v) is 4.80. The largest absolute Gasteiger partial charge is 0.484 e. The van der Waals surface area contributed by atoms with E-state index in [9.17, 15) is 13.2 Å². The summed E-state index contributed by atoms with van der Waals surface area (Å²) in [5, 5.41) is 4.34. The quantitative estimate of drug-likeness (QED) is 0.554. The van der Waals surface area contributed by atoms with Crippen LogP contribution in [0.1, 0.15) is 0 Å². The molecule has 0 bridgehead atoms. The third-order valence-corrected chi connectivity index (χ3v) is 7.30. The van der Waals surface area contributed by atoms with Gasteiger partial charge in [0.15, 0.2) is 6.61 Å². The van der Waals surface area contributed by atoms with Crippen LogP contribution in [0.15, 0.2) is 68.8 Å². The number of ether oxygens (including phenoxy) is 1. The Bertz CT molecular complexity index is 1040. The van der Waals surface area contributed by atoms with Gasteiger partial charge in [0, 0.05) is 17.7 Å². The van der Waals surface area contributed by atoms with Crippen LogP contribution in [0.3, 0.4) is 0 Å². The Hall–Kier alpha value is -2.43. The molecule has 146 valence electrons. The number of aromatic nitrogens is 1. The maximum absolute atomic E-state index is 12.5. The lowest BCUT2D eigenvalue weighted by Crippen LogP contribution is -2.25. The molecule has 0 spiro atoms. The summed E-state index contributed by atoms with van der Waals surface area (Å²) < 4.78 is 32.8. The molecule has 10 heteroatoms. The smallest absolute Gasteiger partial charge is 0.273 e. The Morgan fingerprint density at radius 3 is 2.57 bits per heavy atom. The Labute approximate surface area is 175 Å². The maximum atomic E-state index is 12.5. The molecule has 0 saturated carbocycles. The fourth-order valence-electron chi connectivity index (χ4n) is 2.21. The van der Waals surface area contributed by atoms with Gasteiger partial charge >= 0.3 is 0 Å². The number of rotatable bonds is 7. The number of anilines is 2. The van der Waals surface area contributed by atoms with E-state index < -0.39 is 10.0 Å². The first kappa shape index (κ1) is 20.3. The second-order valence-corrected chi connectivity index (χ2v) is 9.66. The molecule has 7 nitrogen and oxygen atoms in total. The molecule has 2 heterocycles. The number of carbonyl (C=O) groups is 1. The van der Waals surface area contributed by atoms with Gasteiger partial charge in [-0.3, -0.25) is 9.10 Å². The van der Waals surface area contributed by atoms with Gasteiger partial charge in [-0.05, 0) is 63.8 Å². The standard InChI is InChI=1S/C18H16BrN3O4S2/c1-22(28(24,25)18-3-2-10-27-18)14-5-7-15(8-6-14)26-12-17(23)21-16-9-4-13(19)11-20-16/h2-11H,12H2,1H3,(H,20,21,23). The average molecular weight is 482 g/mol. The van der Waals surface area contributed by atoms with Gasteiger partial charge in [0.25, 0.3) is 15.9 Å². The van der Waals surface area contributed by atoms with Crippen LogP contribution in [0.25, 0.3) is 0 Å². The zero-order valence-corrected chi connectivity index (χ0v) is 17.9. The van der Waals surface area contributed by atoms with Crippen LogP contribution in [-0.4, -0.2) is 33.0 Å². The first-order valence-electron chi connectivity index (χ1n) is 8.03. The highest BCUT2D eigenvalue weighted by molar-refractivity contribution is 9.10. The van der Waals surface area contributed by atoms with Crippen LogP contribution in [0.4, 0.5) is 11.5 Å². The molecule has 1 N–H and O–H groups in total. The minimum atomic E-state index is -3.59. The number of halogens is 1. The summed E-state index contributed by atoms with van der Waals surface area (Å²) in [6.07, 6.45) is 1.58. The van der Waals surface area contributed by atoms with Gasteiger partial charge in [0.2, 0.25) is 0 Å². The number of pyridine rings is 1. The number of sulfonamides is 1. The van der Waals surface area contributed by atoms with Crippen LogP contribution in [0.5, 0.6) is 5.75 Å². The van der Waals surface area contributed by atoms with Gasteiger partial charge in [-0.15, -0.1) is 11.3 Å². The first-order valence-corrected chi connectivity index (χ1v) is 11.1. The van der Waals surface area contributed by atoms with E-state index in [-0.39, 0.29) is 16.7 Å². The highest BCUT2D eigenvalue weighted by Crippen LogP contribution is 2.26. The van der Waals surface area contributed by atoms with Crippen LogP contribution in [0, 0.1) is 0 Å². The van der Waals surface area contributed by atoms with Crippen molar-refractivity contribution in [3.8, 4) is 5.75 Å². The normalized spacial score (nSPS) is 11.1. The molecule has 3 rings (SSSR count). The second-order valence-electron chi connectivity index (χ2n) is 5.60. The number of amides is 1. The number of hydrogen-bond acceptors (Lipinski definition) is 6. The number of benzene rings is 1. The summed E-state index contributed by atoms with van der Waals surface area (Å²) in [6, 6.07) is 13.2. The van der Waals surface area contributed by atoms with Crippen molar-refractivity contribution < 1.29 is 17.9 Å². The van der Waals surface area contributed by atoms with Crippen molar-refractivity contribution in [2.75, 3.05) is 23.3 Å². The Morgan fingerprint density at radius 2 is 1.96 bits per heavy atom. The number of hydrogen-bond donors (Lipinski definition) is 1. The van der Waals surface area contributed by atoms with Gasteiger partial charge in [0.05, 0.1) is 5.69 Å². The molecule has 0 radical (unpaired) electrons. The molecular formula is C18H16BrN3O4S2. The van der Waals surface area contributed by atoms with Crippen molar-refractivity contribution in [2.24, 2.45) is 0 Å². The summed E-state index contributed by atoms with van der Waals surface area (Å²) in [4.78, 5) is 16.0. The van der Waals surface area contributed by atoms with E-state index in [0.717, 1.165) is 15.8 Å². The third-order valence-electron chi connectivity index (χ3n) is 3.67. The lowest BCUT2D eigenvalue weighted by atomic mass is 10.3. The van der Waals surface area contributed by atoms with Crippen LogP contribution < -0.4 is 14.4 Å². The molecule has 0 aliphatic rings. The van der Waals surface area contributed by atoms with Gasteiger partial charge in [-0.2, -0.15) is 0 Å². The van der Waals surface area contributed by atoms with E-state index in [1.165, 1.54) is 11.4 Å². The van der Waals surface area contributed by atoms with Crippen LogP contribution >= 0.6 is 27.3 Å². The monoisotopic (exact) mass is 481 g/mol. The molecule has 1 aromatic carbocycles. The minimum absolute atomic E-state index is 0.194. The summed E-state index contributed by atoms with van der Waals surface area (Å²) in [5.41, 5.74) is 0.490. The van der Waals surface area contributed by atoms with Crippen molar-refractivity contribution in [3.63, 3.8) is 0 Å². The highest BCUT2D eigenvalue weighted by Gasteiger charge is 2.22. The van der Waals surface area contributed by atoms with E-state index in [2.05, 4.69) is 26.2 Å². The van der Waals surface area contributed by atoms with Gasteiger partial charge in [-0.1, -0.05) is 6.07 Å². The second kappa shape index (κ2) is 8.72. The zero-order chi connectivity index (χ0) is 20.1. The maximum Gasteiger partial charge on any atom is 0.273 e. The molecule has 0 atom stereocenters. The molecular weight excluding hydrogens is 466 g/mol. The lowest BCUT2D eigenvalue weighted by Gasteiger charge is -2.18. The molecule has 0 aliphatic heterocycles. The molecule has 0 aliphatic carbocycles. The third kappa shape index (κ3) is 4.89. The Kier molecular flexibility index (Phi) is 6.32. The zero-order valence-electron chi connectivity index (χ0n) is 14.7. The summed E-state index contributed by atoms with van der Waals surface area (Å²) in [7, 11) is -2.10. The van der Waals surface area contributed by atoms with E-state index in [1.807, 2.05) is 0 Å². The van der Waals surface area contributed by atoms with Crippen molar-refractivity contribution in [1.29, 1.82) is 0 Å². The van der Waals surface area contributed by atoms with Crippen molar-refractivity contribution in [3.05, 3.63) is 64.6 Å². The lowest BCUT2D eigenvalue weighted by molar-refractivity contribution is -0.118. The summed E-state index contributed by atoms with van der Waals surface area (Å²) >= 11 is 4.43. The first-order chi connectivity index (χ1) is 13.4. The minimum Gasteiger partial charge on any atom is -0.484 e. The average Bonchev–Trinajstić information content (AvgIpc) is 3.24. The van der Waals surface area contributed by atoms with Gasteiger partial charge in [0.1, 0.15) is 15.8 Å². The van der Waals surface area contributed by atoms with E-state index in [0.29, 0.717) is 17.3 Å². The summed E-state index contributed by atoms with van der Waals surface area (Å²) in [6.45, 7) is -0.194. The van der Waals surface area contributed by atoms with Crippen molar-refractivity contribution in [1.82, 2.24) is 4.98 Å². The molecule has 1 amide bonds. The van der Waals surface area contributed by atoms with E-state index in [4.69, 9.17) is 4.74 Å². The Balaban J connectivity index is 1.58. The molecule has 2 aromatic heterocycles. The van der Waals surface area contributed by atoms with Crippen LogP contribution in [-0.2, 0) is 14.8 Å². The molecule has 0 saturated heterocycles. The molecule has 3 aromatic rings. The predicted octanol–water partition coefficient (Wildman–Crippen LogP) is 3.75. The van der Waals surface area contributed by atoms with Gasteiger partial charge in [-0.25, -0.2) is 13.4 Å². The van der Waals surface area contributed by atoms with Gasteiger partial charge < -0.3 is 10.1 Å². The number of thiophene rings is 1. The highest BCUT2D eigenvalue weighted by atomic mass is 79.9. The topological polar surface area (TPSA) is 88.6 Å².